The summed E-state index contributed by atoms with van der Waals surface area (Å²) >= 11 is 1.54. The van der Waals surface area contributed by atoms with Gasteiger partial charge in [0.1, 0.15) is 0 Å². The van der Waals surface area contributed by atoms with E-state index in [0.29, 0.717) is 21.6 Å². The smallest absolute Gasteiger partial charge is 0.272 e. The first-order valence-electron chi connectivity index (χ1n) is 9.71. The fourth-order valence-electron chi connectivity index (χ4n) is 4.02. The van der Waals surface area contributed by atoms with Gasteiger partial charge in [-0.15, -0.1) is 11.3 Å². The summed E-state index contributed by atoms with van der Waals surface area (Å²) in [4.78, 5) is 32.9. The van der Waals surface area contributed by atoms with Crippen molar-refractivity contribution in [3.63, 3.8) is 0 Å². The molecule has 30 heavy (non-hydrogen) atoms. The highest BCUT2D eigenvalue weighted by Gasteiger charge is 2.29. The lowest BCUT2D eigenvalue weighted by Crippen LogP contribution is -2.31. The normalized spacial score (nSPS) is 13.7. The highest BCUT2D eigenvalue weighted by molar-refractivity contribution is 7.16. The lowest BCUT2D eigenvalue weighted by atomic mass is 10.0. The van der Waals surface area contributed by atoms with Gasteiger partial charge in [0.15, 0.2) is 5.13 Å². The van der Waals surface area contributed by atoms with Crippen LogP contribution in [0.4, 0.5) is 5.13 Å². The number of benzene rings is 1. The fourth-order valence-corrected chi connectivity index (χ4v) is 5.06. The molecule has 1 N–H and O–H groups in total. The molecule has 1 aliphatic carbocycles. The molecule has 1 amide bonds. The van der Waals surface area contributed by atoms with Gasteiger partial charge in [0.2, 0.25) is 5.91 Å². The van der Waals surface area contributed by atoms with Crippen LogP contribution in [0.15, 0.2) is 35.3 Å². The Hall–Kier alpha value is -3.33. The third-order valence-electron chi connectivity index (χ3n) is 5.72. The van der Waals surface area contributed by atoms with Crippen molar-refractivity contribution in [2.24, 2.45) is 7.05 Å². The Morgan fingerprint density at radius 2 is 2.03 bits per heavy atom. The molecule has 4 aromatic rings. The molecule has 1 atom stereocenters. The number of fused-ring (bicyclic) bond motifs is 4. The Kier molecular flexibility index (Phi) is 4.28. The van der Waals surface area contributed by atoms with E-state index in [9.17, 15) is 9.59 Å². The van der Waals surface area contributed by atoms with Gasteiger partial charge in [-0.05, 0) is 25.8 Å². The maximum Gasteiger partial charge on any atom is 0.272 e. The van der Waals surface area contributed by atoms with Crippen molar-refractivity contribution < 1.29 is 4.79 Å². The van der Waals surface area contributed by atoms with Gasteiger partial charge in [-0.25, -0.2) is 10.1 Å². The van der Waals surface area contributed by atoms with Crippen molar-refractivity contribution in [2.75, 3.05) is 11.9 Å². The van der Waals surface area contributed by atoms with Crippen molar-refractivity contribution in [3.8, 4) is 11.3 Å². The van der Waals surface area contributed by atoms with Crippen LogP contribution in [0.1, 0.15) is 29.1 Å². The molecule has 0 fully saturated rings. The molecule has 0 saturated heterocycles. The number of carbonyl (C=O) groups is 1. The van der Waals surface area contributed by atoms with E-state index in [2.05, 4.69) is 15.3 Å². The number of thiazole rings is 1. The van der Waals surface area contributed by atoms with Crippen molar-refractivity contribution in [3.05, 3.63) is 57.1 Å². The molecule has 1 aliphatic rings. The molecule has 3 aromatic heterocycles. The van der Waals surface area contributed by atoms with E-state index < -0.39 is 5.92 Å². The average molecular weight is 420 g/mol. The van der Waals surface area contributed by atoms with E-state index in [1.54, 1.807) is 42.3 Å². The second-order valence-electron chi connectivity index (χ2n) is 7.50. The second kappa shape index (κ2) is 6.88. The van der Waals surface area contributed by atoms with Crippen molar-refractivity contribution in [1.29, 1.82) is 0 Å². The van der Waals surface area contributed by atoms with Gasteiger partial charge in [0.05, 0.1) is 28.9 Å². The van der Waals surface area contributed by atoms with Crippen LogP contribution in [0.2, 0.25) is 0 Å². The number of aromatic nitrogens is 5. The SMILES string of the molecule is C[C@@H](C(=O)N(C)c1nc2c(s1)CCc1c-2cnn1C)c1n[nH]c(=O)c2ccccc12. The van der Waals surface area contributed by atoms with Gasteiger partial charge < -0.3 is 0 Å². The summed E-state index contributed by atoms with van der Waals surface area (Å²) in [5.74, 6) is -0.663. The highest BCUT2D eigenvalue weighted by Crippen LogP contribution is 2.39. The van der Waals surface area contributed by atoms with Crippen LogP contribution in [-0.4, -0.2) is 37.9 Å². The minimum atomic E-state index is -0.536. The first kappa shape index (κ1) is 18.7. The molecule has 0 bridgehead atoms. The Morgan fingerprint density at radius 3 is 2.83 bits per heavy atom. The van der Waals surface area contributed by atoms with Crippen LogP contribution in [0, 0.1) is 0 Å². The largest absolute Gasteiger partial charge is 0.291 e. The number of aromatic amines is 1. The zero-order valence-corrected chi connectivity index (χ0v) is 17.7. The van der Waals surface area contributed by atoms with E-state index in [0.717, 1.165) is 24.1 Å². The number of anilines is 1. The average Bonchev–Trinajstić information content (AvgIpc) is 3.36. The highest BCUT2D eigenvalue weighted by atomic mass is 32.1. The molecule has 5 rings (SSSR count). The minimum absolute atomic E-state index is 0.128. The molecular weight excluding hydrogens is 400 g/mol. The number of H-pyrrole nitrogens is 1. The standard InChI is InChI=1S/C21H20N6O2S/c1-11(17-12-6-4-5-7-13(12)19(28)25-24-17)20(29)26(2)21-23-18-14-10-22-27(3)15(14)8-9-16(18)30-21/h4-7,10-11H,8-9H2,1-3H3,(H,25,28)/t11-/m1/s1. The first-order valence-corrected chi connectivity index (χ1v) is 10.5. The van der Waals surface area contributed by atoms with Gasteiger partial charge >= 0.3 is 0 Å². The van der Waals surface area contributed by atoms with E-state index in [4.69, 9.17) is 4.98 Å². The van der Waals surface area contributed by atoms with Crippen LogP contribution in [0.5, 0.6) is 0 Å². The summed E-state index contributed by atoms with van der Waals surface area (Å²) in [5.41, 5.74) is 3.43. The van der Waals surface area contributed by atoms with Crippen LogP contribution >= 0.6 is 11.3 Å². The van der Waals surface area contributed by atoms with Crippen molar-refractivity contribution in [2.45, 2.75) is 25.7 Å². The van der Waals surface area contributed by atoms with Gasteiger partial charge in [0.25, 0.3) is 5.56 Å². The lowest BCUT2D eigenvalue weighted by molar-refractivity contribution is -0.119. The van der Waals surface area contributed by atoms with E-state index in [-0.39, 0.29) is 11.5 Å². The molecule has 0 unspecified atom stereocenters. The molecule has 0 saturated carbocycles. The van der Waals surface area contributed by atoms with Crippen molar-refractivity contribution >= 4 is 33.1 Å². The van der Waals surface area contributed by atoms with E-state index >= 15 is 0 Å². The molecule has 3 heterocycles. The number of carbonyl (C=O) groups excluding carboxylic acids is 1. The summed E-state index contributed by atoms with van der Waals surface area (Å²) in [5, 5.41) is 12.9. The fraction of sp³-hybridized carbons (Fsp3) is 0.286. The van der Waals surface area contributed by atoms with E-state index in [1.807, 2.05) is 30.1 Å². The quantitative estimate of drug-likeness (QED) is 0.550. The lowest BCUT2D eigenvalue weighted by Gasteiger charge is -2.19. The number of nitrogens with one attached hydrogen (secondary N) is 1. The van der Waals surface area contributed by atoms with Crippen LogP contribution in [-0.2, 0) is 24.7 Å². The zero-order valence-electron chi connectivity index (χ0n) is 16.8. The number of rotatable bonds is 3. The number of aryl methyl sites for hydroxylation is 2. The molecule has 0 aliphatic heterocycles. The maximum atomic E-state index is 13.3. The summed E-state index contributed by atoms with van der Waals surface area (Å²) in [6, 6.07) is 7.20. The number of amides is 1. The van der Waals surface area contributed by atoms with Crippen LogP contribution < -0.4 is 10.5 Å². The van der Waals surface area contributed by atoms with Crippen LogP contribution in [0.25, 0.3) is 22.0 Å². The Morgan fingerprint density at radius 1 is 1.27 bits per heavy atom. The predicted octanol–water partition coefficient (Wildman–Crippen LogP) is 2.65. The Balaban J connectivity index is 1.49. The molecule has 8 nitrogen and oxygen atoms in total. The monoisotopic (exact) mass is 420 g/mol. The molecule has 0 spiro atoms. The topological polar surface area (TPSA) is 96.8 Å². The minimum Gasteiger partial charge on any atom is -0.291 e. The molecule has 9 heteroatoms. The zero-order chi connectivity index (χ0) is 21.0. The summed E-state index contributed by atoms with van der Waals surface area (Å²) in [6.07, 6.45) is 3.66. The number of nitrogens with zero attached hydrogens (tertiary/aromatic N) is 5. The second-order valence-corrected chi connectivity index (χ2v) is 8.56. The summed E-state index contributed by atoms with van der Waals surface area (Å²) in [7, 11) is 3.68. The molecule has 1 aromatic carbocycles. The van der Waals surface area contributed by atoms with Gasteiger partial charge in [-0.2, -0.15) is 10.2 Å². The summed E-state index contributed by atoms with van der Waals surface area (Å²) < 4.78 is 1.89. The summed E-state index contributed by atoms with van der Waals surface area (Å²) in [6.45, 7) is 1.80. The molecular formula is C21H20N6O2S. The number of likely N-dealkylation sites (N-methyl/N-ethyl adjacent to an activating group) is 1. The maximum absolute atomic E-state index is 13.3. The Bertz CT molecular complexity index is 1350. The molecule has 0 radical (unpaired) electrons. The third-order valence-corrected chi connectivity index (χ3v) is 6.91. The first-order chi connectivity index (χ1) is 14.5. The predicted molar refractivity (Wildman–Crippen MR) is 116 cm³/mol. The number of hydrogen-bond acceptors (Lipinski definition) is 6. The van der Waals surface area contributed by atoms with Crippen molar-refractivity contribution in [1.82, 2.24) is 25.0 Å². The Labute approximate surface area is 176 Å². The van der Waals surface area contributed by atoms with Gasteiger partial charge in [-0.3, -0.25) is 19.2 Å². The van der Waals surface area contributed by atoms with Gasteiger partial charge in [-0.1, -0.05) is 18.2 Å². The number of hydrogen-bond donors (Lipinski definition) is 1. The molecule has 152 valence electrons. The van der Waals surface area contributed by atoms with Crippen LogP contribution in [0.3, 0.4) is 0 Å². The third kappa shape index (κ3) is 2.77. The van der Waals surface area contributed by atoms with Gasteiger partial charge in [0, 0.05) is 35.6 Å². The van der Waals surface area contributed by atoms with E-state index in [1.165, 1.54) is 10.6 Å².